The van der Waals surface area contributed by atoms with E-state index >= 15 is 0 Å². The number of nitrogens with one attached hydrogen (secondary N) is 1. The van der Waals surface area contributed by atoms with Gasteiger partial charge in [-0.2, -0.15) is 0 Å². The zero-order chi connectivity index (χ0) is 16.7. The molecule has 2 N–H and O–H groups in total. The average molecular weight is 315 g/mol. The average Bonchev–Trinajstić information content (AvgIpc) is 2.55. The first-order valence-corrected chi connectivity index (χ1v) is 7.86. The Balaban J connectivity index is 2.02. The van der Waals surface area contributed by atoms with Crippen molar-refractivity contribution in [3.63, 3.8) is 0 Å². The minimum absolute atomic E-state index is 0.0232. The molecule has 0 heterocycles. The summed E-state index contributed by atoms with van der Waals surface area (Å²) in [6.07, 6.45) is 0.153. The summed E-state index contributed by atoms with van der Waals surface area (Å²) in [5.74, 6) is 1.65. The predicted molar refractivity (Wildman–Crippen MR) is 91.9 cm³/mol. The Kier molecular flexibility index (Phi) is 6.44. The highest BCUT2D eigenvalue weighted by Gasteiger charge is 2.11. The summed E-state index contributed by atoms with van der Waals surface area (Å²) < 4.78 is 10.9. The van der Waals surface area contributed by atoms with Gasteiger partial charge in [0.1, 0.15) is 11.5 Å². The summed E-state index contributed by atoms with van der Waals surface area (Å²) >= 11 is 0. The Morgan fingerprint density at radius 2 is 1.78 bits per heavy atom. The van der Waals surface area contributed by atoms with Crippen molar-refractivity contribution in [2.45, 2.75) is 32.5 Å². The minimum atomic E-state index is -0.139. The first-order chi connectivity index (χ1) is 11.1. The number of hydrogen-bond acceptors (Lipinski definition) is 4. The second-order valence-electron chi connectivity index (χ2n) is 5.71. The van der Waals surface area contributed by atoms with Crippen LogP contribution in [0.1, 0.15) is 31.0 Å². The third kappa shape index (κ3) is 5.27. The minimum Gasteiger partial charge on any atom is -0.497 e. The molecule has 1 unspecified atom stereocenters. The summed E-state index contributed by atoms with van der Waals surface area (Å²) in [6.45, 7) is 4.69. The number of aliphatic hydroxyl groups is 1. The first-order valence-electron chi connectivity index (χ1n) is 7.86. The quantitative estimate of drug-likeness (QED) is 0.785. The maximum Gasteiger partial charge on any atom is 0.120 e. The lowest BCUT2D eigenvalue weighted by Gasteiger charge is -2.18. The number of aliphatic hydroxyl groups excluding tert-OH is 1. The maximum absolute atomic E-state index is 9.67. The molecule has 0 saturated carbocycles. The number of ether oxygens (including phenoxy) is 2. The number of rotatable bonds is 8. The van der Waals surface area contributed by atoms with Gasteiger partial charge in [0.25, 0.3) is 0 Å². The van der Waals surface area contributed by atoms with Crippen LogP contribution in [-0.2, 0) is 6.54 Å². The Bertz CT molecular complexity index is 613. The highest BCUT2D eigenvalue weighted by Crippen LogP contribution is 2.20. The van der Waals surface area contributed by atoms with Gasteiger partial charge in [0.05, 0.1) is 25.9 Å². The third-order valence-electron chi connectivity index (χ3n) is 3.50. The van der Waals surface area contributed by atoms with Gasteiger partial charge in [-0.1, -0.05) is 24.3 Å². The van der Waals surface area contributed by atoms with Crippen LogP contribution >= 0.6 is 0 Å². The molecule has 0 aliphatic carbocycles. The summed E-state index contributed by atoms with van der Waals surface area (Å²) in [4.78, 5) is 0. The Hall–Kier alpha value is -2.04. The van der Waals surface area contributed by atoms with Crippen molar-refractivity contribution in [2.75, 3.05) is 13.7 Å². The zero-order valence-corrected chi connectivity index (χ0v) is 14.0. The molecular formula is C19H25NO3. The van der Waals surface area contributed by atoms with Crippen molar-refractivity contribution < 1.29 is 14.6 Å². The third-order valence-corrected chi connectivity index (χ3v) is 3.50. The van der Waals surface area contributed by atoms with Crippen LogP contribution in [0.3, 0.4) is 0 Å². The van der Waals surface area contributed by atoms with Gasteiger partial charge < -0.3 is 19.9 Å². The smallest absolute Gasteiger partial charge is 0.120 e. The fraction of sp³-hybridized carbons (Fsp3) is 0.368. The summed E-state index contributed by atoms with van der Waals surface area (Å²) in [6, 6.07) is 15.6. The van der Waals surface area contributed by atoms with Crippen LogP contribution in [0.25, 0.3) is 0 Å². The summed E-state index contributed by atoms with van der Waals surface area (Å²) in [5, 5.41) is 13.0. The lowest BCUT2D eigenvalue weighted by Crippen LogP contribution is -2.24. The van der Waals surface area contributed by atoms with Gasteiger partial charge in [-0.05, 0) is 49.2 Å². The van der Waals surface area contributed by atoms with Crippen molar-refractivity contribution in [2.24, 2.45) is 0 Å². The second-order valence-corrected chi connectivity index (χ2v) is 5.71. The van der Waals surface area contributed by atoms with Crippen LogP contribution in [-0.4, -0.2) is 24.9 Å². The standard InChI is InChI=1S/C19H25NO3/c1-14(2)23-18-9-4-6-15(10-18)12-20-19(13-21)16-7-5-8-17(11-16)22-3/h4-11,14,19-21H,12-13H2,1-3H3. The van der Waals surface area contributed by atoms with E-state index in [4.69, 9.17) is 9.47 Å². The molecule has 0 amide bonds. The van der Waals surface area contributed by atoms with Gasteiger partial charge in [0, 0.05) is 6.54 Å². The van der Waals surface area contributed by atoms with E-state index in [2.05, 4.69) is 5.32 Å². The molecular weight excluding hydrogens is 290 g/mol. The highest BCUT2D eigenvalue weighted by atomic mass is 16.5. The van der Waals surface area contributed by atoms with Crippen LogP contribution < -0.4 is 14.8 Å². The maximum atomic E-state index is 9.67. The SMILES string of the molecule is COc1cccc(C(CO)NCc2cccc(OC(C)C)c2)c1. The Labute approximate surface area is 138 Å². The van der Waals surface area contributed by atoms with Gasteiger partial charge in [-0.25, -0.2) is 0 Å². The van der Waals surface area contributed by atoms with E-state index in [9.17, 15) is 5.11 Å². The molecule has 0 fully saturated rings. The summed E-state index contributed by atoms with van der Waals surface area (Å²) in [5.41, 5.74) is 2.12. The Morgan fingerprint density at radius 1 is 1.04 bits per heavy atom. The van der Waals surface area contributed by atoms with Gasteiger partial charge in [-0.15, -0.1) is 0 Å². The molecule has 4 nitrogen and oxygen atoms in total. The van der Waals surface area contributed by atoms with E-state index in [1.165, 1.54) is 0 Å². The van der Waals surface area contributed by atoms with E-state index in [1.54, 1.807) is 7.11 Å². The molecule has 23 heavy (non-hydrogen) atoms. The molecule has 0 aliphatic rings. The van der Waals surface area contributed by atoms with Gasteiger partial charge in [0.15, 0.2) is 0 Å². The van der Waals surface area contributed by atoms with Crippen molar-refractivity contribution in [1.29, 1.82) is 0 Å². The van der Waals surface area contributed by atoms with Crippen LogP contribution in [0.15, 0.2) is 48.5 Å². The van der Waals surface area contributed by atoms with E-state index in [1.807, 2.05) is 62.4 Å². The first kappa shape index (κ1) is 17.3. The lowest BCUT2D eigenvalue weighted by atomic mass is 10.1. The molecule has 2 aromatic carbocycles. The van der Waals surface area contributed by atoms with Gasteiger partial charge in [-0.3, -0.25) is 0 Å². The Morgan fingerprint density at radius 3 is 2.48 bits per heavy atom. The van der Waals surface area contributed by atoms with Crippen molar-refractivity contribution in [3.8, 4) is 11.5 Å². The molecule has 0 radical (unpaired) electrons. The van der Waals surface area contributed by atoms with Crippen LogP contribution in [0.4, 0.5) is 0 Å². The second kappa shape index (κ2) is 8.56. The molecule has 0 bridgehead atoms. The molecule has 0 aliphatic heterocycles. The molecule has 0 aromatic heterocycles. The van der Waals surface area contributed by atoms with E-state index in [0.717, 1.165) is 22.6 Å². The van der Waals surface area contributed by atoms with Crippen LogP contribution in [0.5, 0.6) is 11.5 Å². The van der Waals surface area contributed by atoms with Crippen molar-refractivity contribution in [3.05, 3.63) is 59.7 Å². The predicted octanol–water partition coefficient (Wildman–Crippen LogP) is 3.31. The fourth-order valence-electron chi connectivity index (χ4n) is 2.39. The lowest BCUT2D eigenvalue weighted by molar-refractivity contribution is 0.240. The monoisotopic (exact) mass is 315 g/mol. The topological polar surface area (TPSA) is 50.7 Å². The summed E-state index contributed by atoms with van der Waals surface area (Å²) in [7, 11) is 1.64. The van der Waals surface area contributed by atoms with E-state index < -0.39 is 0 Å². The molecule has 0 spiro atoms. The van der Waals surface area contributed by atoms with Gasteiger partial charge in [0.2, 0.25) is 0 Å². The fourth-order valence-corrected chi connectivity index (χ4v) is 2.39. The molecule has 1 atom stereocenters. The van der Waals surface area contributed by atoms with Gasteiger partial charge >= 0.3 is 0 Å². The van der Waals surface area contributed by atoms with Crippen LogP contribution in [0, 0.1) is 0 Å². The zero-order valence-electron chi connectivity index (χ0n) is 14.0. The number of methoxy groups -OCH3 is 1. The molecule has 2 aromatic rings. The molecule has 124 valence electrons. The number of benzene rings is 2. The van der Waals surface area contributed by atoms with E-state index in [0.29, 0.717) is 6.54 Å². The highest BCUT2D eigenvalue weighted by molar-refractivity contribution is 5.31. The molecule has 2 rings (SSSR count). The molecule has 4 heteroatoms. The normalized spacial score (nSPS) is 12.2. The van der Waals surface area contributed by atoms with Crippen LogP contribution in [0.2, 0.25) is 0 Å². The molecule has 0 saturated heterocycles. The largest absolute Gasteiger partial charge is 0.497 e. The van der Waals surface area contributed by atoms with E-state index in [-0.39, 0.29) is 18.8 Å². The number of hydrogen-bond donors (Lipinski definition) is 2. The van der Waals surface area contributed by atoms with Crippen molar-refractivity contribution in [1.82, 2.24) is 5.32 Å². The van der Waals surface area contributed by atoms with Crippen molar-refractivity contribution >= 4 is 0 Å².